The third-order valence-corrected chi connectivity index (χ3v) is 5.48. The maximum atomic E-state index is 12.3. The molecule has 0 unspecified atom stereocenters. The number of sulfonamides is 1. The number of amides is 1. The molecule has 2 aromatic carbocycles. The molecule has 2 aromatic rings. The first-order valence-electron chi connectivity index (χ1n) is 7.27. The second-order valence-electron chi connectivity index (χ2n) is 5.62. The van der Waals surface area contributed by atoms with Crippen LogP contribution < -0.4 is 9.62 Å². The SMILES string of the molecule is Cc1ccc(NC(=O)CN(c2ccc(Br)c(C)c2)S(C)(=O)=O)cc1. The predicted octanol–water partition coefficient (Wildman–Crippen LogP) is 3.47. The molecular weight excluding hydrogens is 392 g/mol. The van der Waals surface area contributed by atoms with E-state index < -0.39 is 15.9 Å². The van der Waals surface area contributed by atoms with Gasteiger partial charge in [0.15, 0.2) is 0 Å². The van der Waals surface area contributed by atoms with E-state index >= 15 is 0 Å². The lowest BCUT2D eigenvalue weighted by Gasteiger charge is -2.22. The summed E-state index contributed by atoms with van der Waals surface area (Å²) >= 11 is 3.38. The number of hydrogen-bond acceptors (Lipinski definition) is 3. The second-order valence-corrected chi connectivity index (χ2v) is 8.38. The van der Waals surface area contributed by atoms with Crippen LogP contribution in [0, 0.1) is 13.8 Å². The predicted molar refractivity (Wildman–Crippen MR) is 101 cm³/mol. The van der Waals surface area contributed by atoms with Crippen LogP contribution in [0.15, 0.2) is 46.9 Å². The minimum Gasteiger partial charge on any atom is -0.325 e. The van der Waals surface area contributed by atoms with Crippen molar-refractivity contribution in [3.63, 3.8) is 0 Å². The lowest BCUT2D eigenvalue weighted by molar-refractivity contribution is -0.114. The van der Waals surface area contributed by atoms with Crippen LogP contribution in [0.4, 0.5) is 11.4 Å². The van der Waals surface area contributed by atoms with Crippen LogP contribution in [-0.2, 0) is 14.8 Å². The molecule has 0 aromatic heterocycles. The number of carbonyl (C=O) groups excluding carboxylic acids is 1. The molecule has 7 heteroatoms. The Kier molecular flexibility index (Phi) is 5.66. The Morgan fingerprint density at radius 2 is 1.75 bits per heavy atom. The highest BCUT2D eigenvalue weighted by Gasteiger charge is 2.21. The van der Waals surface area contributed by atoms with E-state index in [2.05, 4.69) is 21.2 Å². The molecule has 0 atom stereocenters. The van der Waals surface area contributed by atoms with Gasteiger partial charge in [0, 0.05) is 10.2 Å². The van der Waals surface area contributed by atoms with Gasteiger partial charge < -0.3 is 5.32 Å². The van der Waals surface area contributed by atoms with Crippen molar-refractivity contribution in [3.05, 3.63) is 58.1 Å². The monoisotopic (exact) mass is 410 g/mol. The number of halogens is 1. The highest BCUT2D eigenvalue weighted by Crippen LogP contribution is 2.24. The third-order valence-electron chi connectivity index (χ3n) is 3.45. The van der Waals surface area contributed by atoms with E-state index in [1.165, 1.54) is 0 Å². The van der Waals surface area contributed by atoms with Crippen molar-refractivity contribution in [3.8, 4) is 0 Å². The molecule has 0 aliphatic carbocycles. The van der Waals surface area contributed by atoms with Crippen LogP contribution in [0.1, 0.15) is 11.1 Å². The largest absolute Gasteiger partial charge is 0.325 e. The summed E-state index contributed by atoms with van der Waals surface area (Å²) in [6.07, 6.45) is 1.09. The Bertz CT molecular complexity index is 849. The fraction of sp³-hybridized carbons (Fsp3) is 0.235. The molecular formula is C17H19BrN2O3S. The molecule has 128 valence electrons. The van der Waals surface area contributed by atoms with Crippen molar-refractivity contribution in [2.45, 2.75) is 13.8 Å². The summed E-state index contributed by atoms with van der Waals surface area (Å²) in [5, 5.41) is 2.71. The first-order chi connectivity index (χ1) is 11.2. The molecule has 0 spiro atoms. The van der Waals surface area contributed by atoms with Gasteiger partial charge in [-0.25, -0.2) is 8.42 Å². The Morgan fingerprint density at radius 3 is 2.29 bits per heavy atom. The summed E-state index contributed by atoms with van der Waals surface area (Å²) in [5.41, 5.74) is 3.06. The number of anilines is 2. The maximum Gasteiger partial charge on any atom is 0.245 e. The molecule has 1 N–H and O–H groups in total. The molecule has 0 aliphatic rings. The average Bonchev–Trinajstić information content (AvgIpc) is 2.49. The van der Waals surface area contributed by atoms with Gasteiger partial charge in [-0.05, 0) is 49.7 Å². The number of benzene rings is 2. The number of aryl methyl sites for hydroxylation is 2. The topological polar surface area (TPSA) is 66.5 Å². The summed E-state index contributed by atoms with van der Waals surface area (Å²) in [6.45, 7) is 3.53. The van der Waals surface area contributed by atoms with Gasteiger partial charge in [0.05, 0.1) is 11.9 Å². The van der Waals surface area contributed by atoms with Crippen LogP contribution >= 0.6 is 15.9 Å². The van der Waals surface area contributed by atoms with E-state index in [0.29, 0.717) is 11.4 Å². The van der Waals surface area contributed by atoms with Gasteiger partial charge in [0.2, 0.25) is 15.9 Å². The maximum absolute atomic E-state index is 12.3. The number of rotatable bonds is 5. The molecule has 0 radical (unpaired) electrons. The van der Waals surface area contributed by atoms with Crippen LogP contribution in [0.5, 0.6) is 0 Å². The summed E-state index contributed by atoms with van der Waals surface area (Å²) < 4.78 is 26.2. The molecule has 0 heterocycles. The van der Waals surface area contributed by atoms with Crippen molar-refractivity contribution in [2.75, 3.05) is 22.4 Å². The number of carbonyl (C=O) groups is 1. The Hall–Kier alpha value is -1.86. The molecule has 0 bridgehead atoms. The molecule has 1 amide bonds. The van der Waals surface area contributed by atoms with Gasteiger partial charge in [0.25, 0.3) is 0 Å². The summed E-state index contributed by atoms with van der Waals surface area (Å²) in [6, 6.07) is 12.5. The van der Waals surface area contributed by atoms with E-state index in [1.54, 1.807) is 30.3 Å². The summed E-state index contributed by atoms with van der Waals surface area (Å²) in [7, 11) is -3.58. The summed E-state index contributed by atoms with van der Waals surface area (Å²) in [4.78, 5) is 12.3. The van der Waals surface area contributed by atoms with Gasteiger partial charge in [-0.1, -0.05) is 33.6 Å². The van der Waals surface area contributed by atoms with Crippen molar-refractivity contribution in [2.24, 2.45) is 0 Å². The van der Waals surface area contributed by atoms with E-state index in [-0.39, 0.29) is 6.54 Å². The summed E-state index contributed by atoms with van der Waals surface area (Å²) in [5.74, 6) is -0.398. The fourth-order valence-corrected chi connectivity index (χ4v) is 3.25. The van der Waals surface area contributed by atoms with E-state index in [0.717, 1.165) is 26.2 Å². The standard InChI is InChI=1S/C17H19BrN2O3S/c1-12-4-6-14(7-5-12)19-17(21)11-20(24(3,22)23)15-8-9-16(18)13(2)10-15/h4-10H,11H2,1-3H3,(H,19,21). The van der Waals surface area contributed by atoms with Crippen LogP contribution in [0.2, 0.25) is 0 Å². The lowest BCUT2D eigenvalue weighted by Crippen LogP contribution is -2.37. The smallest absolute Gasteiger partial charge is 0.245 e. The zero-order valence-corrected chi connectivity index (χ0v) is 16.1. The third kappa shape index (κ3) is 4.82. The molecule has 0 saturated heterocycles. The Labute approximate surface area is 150 Å². The van der Waals surface area contributed by atoms with Gasteiger partial charge in [-0.2, -0.15) is 0 Å². The van der Waals surface area contributed by atoms with Crippen molar-refractivity contribution in [1.82, 2.24) is 0 Å². The molecule has 2 rings (SSSR count). The molecule has 0 aliphatic heterocycles. The van der Waals surface area contributed by atoms with Crippen molar-refractivity contribution in [1.29, 1.82) is 0 Å². The zero-order chi connectivity index (χ0) is 17.9. The van der Waals surface area contributed by atoms with E-state index in [1.807, 2.05) is 26.0 Å². The highest BCUT2D eigenvalue weighted by molar-refractivity contribution is 9.10. The van der Waals surface area contributed by atoms with E-state index in [9.17, 15) is 13.2 Å². The average molecular weight is 411 g/mol. The van der Waals surface area contributed by atoms with Gasteiger partial charge in [0.1, 0.15) is 6.54 Å². The minimum atomic E-state index is -3.58. The minimum absolute atomic E-state index is 0.284. The Morgan fingerprint density at radius 1 is 1.12 bits per heavy atom. The zero-order valence-electron chi connectivity index (χ0n) is 13.7. The molecule has 0 saturated carbocycles. The number of hydrogen-bond donors (Lipinski definition) is 1. The van der Waals surface area contributed by atoms with Crippen molar-refractivity contribution >= 4 is 43.2 Å². The quantitative estimate of drug-likeness (QED) is 0.820. The molecule has 5 nitrogen and oxygen atoms in total. The second kappa shape index (κ2) is 7.36. The van der Waals surface area contributed by atoms with Gasteiger partial charge >= 0.3 is 0 Å². The van der Waals surface area contributed by atoms with Gasteiger partial charge in [-0.3, -0.25) is 9.10 Å². The Balaban J connectivity index is 2.21. The van der Waals surface area contributed by atoms with E-state index in [4.69, 9.17) is 0 Å². The normalized spacial score (nSPS) is 11.2. The van der Waals surface area contributed by atoms with Gasteiger partial charge in [-0.15, -0.1) is 0 Å². The molecule has 0 fully saturated rings. The first kappa shape index (κ1) is 18.5. The highest BCUT2D eigenvalue weighted by atomic mass is 79.9. The van der Waals surface area contributed by atoms with Crippen LogP contribution in [-0.4, -0.2) is 27.1 Å². The molecule has 24 heavy (non-hydrogen) atoms. The van der Waals surface area contributed by atoms with Crippen LogP contribution in [0.3, 0.4) is 0 Å². The lowest BCUT2D eigenvalue weighted by atomic mass is 10.2. The van der Waals surface area contributed by atoms with Crippen LogP contribution in [0.25, 0.3) is 0 Å². The van der Waals surface area contributed by atoms with Crippen molar-refractivity contribution < 1.29 is 13.2 Å². The fourth-order valence-electron chi connectivity index (χ4n) is 2.15. The number of nitrogens with zero attached hydrogens (tertiary/aromatic N) is 1. The first-order valence-corrected chi connectivity index (χ1v) is 9.91. The number of nitrogens with one attached hydrogen (secondary N) is 1.